The van der Waals surface area contributed by atoms with Gasteiger partial charge in [-0.2, -0.15) is 0 Å². The number of rotatable bonds is 2. The Kier molecular flexibility index (Phi) is 3.01. The first-order chi connectivity index (χ1) is 7.74. The highest BCUT2D eigenvalue weighted by Crippen LogP contribution is 2.08. The van der Waals surface area contributed by atoms with E-state index in [4.69, 9.17) is 5.73 Å². The van der Waals surface area contributed by atoms with Crippen LogP contribution in [0.3, 0.4) is 0 Å². The summed E-state index contributed by atoms with van der Waals surface area (Å²) < 4.78 is 0. The van der Waals surface area contributed by atoms with Crippen molar-refractivity contribution in [3.8, 4) is 0 Å². The minimum Gasteiger partial charge on any atom is -0.384 e. The number of nitrogens with two attached hydrogens (primary N) is 1. The third kappa shape index (κ3) is 2.70. The SMILES string of the molecule is Cc1ccc(/C=C/c2cccc(N)n2)cc1. The summed E-state index contributed by atoms with van der Waals surface area (Å²) in [6, 6.07) is 14.0. The van der Waals surface area contributed by atoms with E-state index in [1.54, 1.807) is 6.07 Å². The van der Waals surface area contributed by atoms with Crippen LogP contribution in [0.1, 0.15) is 16.8 Å². The Bertz CT molecular complexity index is 498. The van der Waals surface area contributed by atoms with Crippen molar-refractivity contribution in [2.75, 3.05) is 5.73 Å². The van der Waals surface area contributed by atoms with Gasteiger partial charge in [0.1, 0.15) is 5.82 Å². The van der Waals surface area contributed by atoms with Gasteiger partial charge in [0, 0.05) is 0 Å². The van der Waals surface area contributed by atoms with Gasteiger partial charge in [0.05, 0.1) is 5.69 Å². The van der Waals surface area contributed by atoms with Crippen molar-refractivity contribution < 1.29 is 0 Å². The average Bonchev–Trinajstić information content (AvgIpc) is 2.28. The maximum atomic E-state index is 5.60. The van der Waals surface area contributed by atoms with Crippen molar-refractivity contribution in [3.63, 3.8) is 0 Å². The smallest absolute Gasteiger partial charge is 0.124 e. The van der Waals surface area contributed by atoms with Gasteiger partial charge >= 0.3 is 0 Å². The molecule has 2 N–H and O–H groups in total. The number of hydrogen-bond acceptors (Lipinski definition) is 2. The van der Waals surface area contributed by atoms with Gasteiger partial charge in [-0.3, -0.25) is 0 Å². The van der Waals surface area contributed by atoms with Crippen molar-refractivity contribution in [2.24, 2.45) is 0 Å². The van der Waals surface area contributed by atoms with Crippen molar-refractivity contribution in [1.29, 1.82) is 0 Å². The largest absolute Gasteiger partial charge is 0.384 e. The molecule has 2 aromatic rings. The second-order valence-corrected chi connectivity index (χ2v) is 3.73. The van der Waals surface area contributed by atoms with E-state index in [0.29, 0.717) is 5.82 Å². The van der Waals surface area contributed by atoms with Crippen LogP contribution in [-0.4, -0.2) is 4.98 Å². The van der Waals surface area contributed by atoms with Crippen LogP contribution in [0.5, 0.6) is 0 Å². The maximum absolute atomic E-state index is 5.60. The third-order valence-corrected chi connectivity index (χ3v) is 2.32. The molecule has 0 saturated carbocycles. The van der Waals surface area contributed by atoms with Crippen LogP contribution < -0.4 is 5.73 Å². The molecule has 0 saturated heterocycles. The fourth-order valence-corrected chi connectivity index (χ4v) is 1.42. The number of aryl methyl sites for hydroxylation is 1. The normalized spacial score (nSPS) is 10.8. The number of anilines is 1. The molecular weight excluding hydrogens is 196 g/mol. The Labute approximate surface area is 95.5 Å². The number of benzene rings is 1. The first kappa shape index (κ1) is 10.4. The molecule has 1 aromatic heterocycles. The molecule has 0 radical (unpaired) electrons. The second kappa shape index (κ2) is 4.62. The topological polar surface area (TPSA) is 38.9 Å². The minimum absolute atomic E-state index is 0.547. The van der Waals surface area contributed by atoms with E-state index in [1.807, 2.05) is 24.3 Å². The lowest BCUT2D eigenvalue weighted by Gasteiger charge is -1.96. The van der Waals surface area contributed by atoms with E-state index in [1.165, 1.54) is 5.56 Å². The zero-order valence-electron chi connectivity index (χ0n) is 9.22. The summed E-state index contributed by atoms with van der Waals surface area (Å²) in [5, 5.41) is 0. The van der Waals surface area contributed by atoms with E-state index in [-0.39, 0.29) is 0 Å². The maximum Gasteiger partial charge on any atom is 0.124 e. The lowest BCUT2D eigenvalue weighted by Crippen LogP contribution is -1.90. The quantitative estimate of drug-likeness (QED) is 0.827. The van der Waals surface area contributed by atoms with Crippen LogP contribution in [0.25, 0.3) is 12.2 Å². The van der Waals surface area contributed by atoms with Crippen LogP contribution in [0.15, 0.2) is 42.5 Å². The van der Waals surface area contributed by atoms with Crippen molar-refractivity contribution in [2.45, 2.75) is 6.92 Å². The van der Waals surface area contributed by atoms with E-state index in [2.05, 4.69) is 36.2 Å². The van der Waals surface area contributed by atoms with Gasteiger partial charge in [0.15, 0.2) is 0 Å². The molecule has 0 spiro atoms. The minimum atomic E-state index is 0.547. The molecule has 0 unspecified atom stereocenters. The number of pyridine rings is 1. The van der Waals surface area contributed by atoms with Crippen molar-refractivity contribution in [3.05, 3.63) is 59.3 Å². The monoisotopic (exact) mass is 210 g/mol. The Morgan fingerprint density at radius 1 is 1.00 bits per heavy atom. The van der Waals surface area contributed by atoms with Crippen LogP contribution in [0.4, 0.5) is 5.82 Å². The predicted molar refractivity (Wildman–Crippen MR) is 68.8 cm³/mol. The van der Waals surface area contributed by atoms with Crippen molar-refractivity contribution >= 4 is 18.0 Å². The van der Waals surface area contributed by atoms with Crippen LogP contribution in [0, 0.1) is 6.92 Å². The van der Waals surface area contributed by atoms with Gasteiger partial charge in [-0.15, -0.1) is 0 Å². The highest BCUT2D eigenvalue weighted by Gasteiger charge is 1.90. The summed E-state index contributed by atoms with van der Waals surface area (Å²) in [7, 11) is 0. The Hall–Kier alpha value is -2.09. The van der Waals surface area contributed by atoms with Crippen molar-refractivity contribution in [1.82, 2.24) is 4.98 Å². The number of hydrogen-bond donors (Lipinski definition) is 1. The highest BCUT2D eigenvalue weighted by atomic mass is 14.8. The lowest BCUT2D eigenvalue weighted by atomic mass is 10.1. The van der Waals surface area contributed by atoms with E-state index < -0.39 is 0 Å². The zero-order chi connectivity index (χ0) is 11.4. The molecule has 80 valence electrons. The first-order valence-electron chi connectivity index (χ1n) is 5.21. The van der Waals surface area contributed by atoms with Crippen LogP contribution in [0.2, 0.25) is 0 Å². The van der Waals surface area contributed by atoms with E-state index >= 15 is 0 Å². The molecule has 0 bridgehead atoms. The number of aromatic nitrogens is 1. The highest BCUT2D eigenvalue weighted by molar-refractivity contribution is 5.68. The summed E-state index contributed by atoms with van der Waals surface area (Å²) >= 11 is 0. The van der Waals surface area contributed by atoms with Gasteiger partial charge in [-0.25, -0.2) is 4.98 Å². The second-order valence-electron chi connectivity index (χ2n) is 3.73. The summed E-state index contributed by atoms with van der Waals surface area (Å²) in [6.45, 7) is 2.08. The average molecular weight is 210 g/mol. The lowest BCUT2D eigenvalue weighted by molar-refractivity contribution is 1.31. The Balaban J connectivity index is 2.18. The van der Waals surface area contributed by atoms with Gasteiger partial charge < -0.3 is 5.73 Å². The number of nitrogens with zero attached hydrogens (tertiary/aromatic N) is 1. The molecule has 0 aliphatic heterocycles. The van der Waals surface area contributed by atoms with Crippen LogP contribution in [-0.2, 0) is 0 Å². The zero-order valence-corrected chi connectivity index (χ0v) is 9.22. The van der Waals surface area contributed by atoms with E-state index in [0.717, 1.165) is 11.3 Å². The van der Waals surface area contributed by atoms with Crippen LogP contribution >= 0.6 is 0 Å². The molecule has 0 amide bonds. The molecule has 0 aliphatic carbocycles. The molecule has 2 heteroatoms. The summed E-state index contributed by atoms with van der Waals surface area (Å²) in [6.07, 6.45) is 3.99. The molecule has 1 aromatic carbocycles. The molecule has 2 rings (SSSR count). The molecule has 2 nitrogen and oxygen atoms in total. The fraction of sp³-hybridized carbons (Fsp3) is 0.0714. The molecule has 0 aliphatic rings. The summed E-state index contributed by atoms with van der Waals surface area (Å²) in [5.74, 6) is 0.547. The molecule has 0 fully saturated rings. The molecule has 16 heavy (non-hydrogen) atoms. The predicted octanol–water partition coefficient (Wildman–Crippen LogP) is 3.14. The third-order valence-electron chi connectivity index (χ3n) is 2.32. The first-order valence-corrected chi connectivity index (χ1v) is 5.21. The Morgan fingerprint density at radius 2 is 1.75 bits per heavy atom. The standard InChI is InChI=1S/C14H14N2/c1-11-5-7-12(8-6-11)9-10-13-3-2-4-14(15)16-13/h2-10H,1H3,(H2,15,16)/b10-9+. The fourth-order valence-electron chi connectivity index (χ4n) is 1.42. The van der Waals surface area contributed by atoms with Gasteiger partial charge in [0.2, 0.25) is 0 Å². The molecular formula is C14H14N2. The summed E-state index contributed by atoms with van der Waals surface area (Å²) in [5.41, 5.74) is 8.90. The van der Waals surface area contributed by atoms with Gasteiger partial charge in [-0.05, 0) is 30.7 Å². The number of nitrogen functional groups attached to an aromatic ring is 1. The molecule has 1 heterocycles. The molecule has 0 atom stereocenters. The van der Waals surface area contributed by atoms with E-state index in [9.17, 15) is 0 Å². The van der Waals surface area contributed by atoms with Gasteiger partial charge in [-0.1, -0.05) is 42.0 Å². The Morgan fingerprint density at radius 3 is 2.44 bits per heavy atom. The summed E-state index contributed by atoms with van der Waals surface area (Å²) in [4.78, 5) is 4.20. The van der Waals surface area contributed by atoms with Gasteiger partial charge in [0.25, 0.3) is 0 Å².